The maximum atomic E-state index is 13.4. The number of rotatable bonds is 8. The molecule has 33 heavy (non-hydrogen) atoms. The van der Waals surface area contributed by atoms with Gasteiger partial charge in [-0.2, -0.15) is 18.3 Å². The Labute approximate surface area is 186 Å². The monoisotopic (exact) mass is 463 g/mol. The van der Waals surface area contributed by atoms with Gasteiger partial charge in [-0.15, -0.1) is 0 Å². The number of carbonyl (C=O) groups excluding carboxylic acids is 1. The van der Waals surface area contributed by atoms with Crippen LogP contribution < -0.4 is 15.6 Å². The molecule has 2 aromatic carbocycles. The second kappa shape index (κ2) is 10.3. The third kappa shape index (κ3) is 6.41. The largest absolute Gasteiger partial charge is 0.494 e. The molecule has 10 heteroatoms. The van der Waals surface area contributed by atoms with Gasteiger partial charge in [-0.1, -0.05) is 0 Å². The van der Waals surface area contributed by atoms with Gasteiger partial charge in [0, 0.05) is 30.3 Å². The SMILES string of the molecule is CCOc1ccc(-c2ccc(=O)n(CCCC(=O)Nc3ccc(F)c(C(F)(F)F)c3)n2)cc1. The highest BCUT2D eigenvalue weighted by Crippen LogP contribution is 2.33. The van der Waals surface area contributed by atoms with Crippen LogP contribution in [0.1, 0.15) is 25.3 Å². The average Bonchev–Trinajstić information content (AvgIpc) is 2.76. The molecule has 0 aliphatic carbocycles. The molecule has 0 spiro atoms. The number of benzene rings is 2. The average molecular weight is 463 g/mol. The quantitative estimate of drug-likeness (QED) is 0.483. The Morgan fingerprint density at radius 2 is 1.82 bits per heavy atom. The molecule has 0 fully saturated rings. The van der Waals surface area contributed by atoms with E-state index in [1.165, 1.54) is 10.7 Å². The number of amides is 1. The van der Waals surface area contributed by atoms with Crippen molar-refractivity contribution >= 4 is 11.6 Å². The summed E-state index contributed by atoms with van der Waals surface area (Å²) in [4.78, 5) is 24.2. The first-order valence-electron chi connectivity index (χ1n) is 10.2. The van der Waals surface area contributed by atoms with Gasteiger partial charge in [0.15, 0.2) is 0 Å². The van der Waals surface area contributed by atoms with Crippen molar-refractivity contribution in [3.63, 3.8) is 0 Å². The van der Waals surface area contributed by atoms with Crippen LogP contribution in [0.15, 0.2) is 59.4 Å². The number of ether oxygens (including phenoxy) is 1. The number of carbonyl (C=O) groups is 1. The zero-order chi connectivity index (χ0) is 24.0. The predicted molar refractivity (Wildman–Crippen MR) is 114 cm³/mol. The van der Waals surface area contributed by atoms with E-state index in [2.05, 4.69) is 10.4 Å². The molecule has 1 N–H and O–H groups in total. The summed E-state index contributed by atoms with van der Waals surface area (Å²) >= 11 is 0. The molecule has 3 rings (SSSR count). The van der Waals surface area contributed by atoms with Crippen LogP contribution in [0.25, 0.3) is 11.3 Å². The molecule has 0 aliphatic rings. The second-order valence-electron chi connectivity index (χ2n) is 7.08. The first-order valence-corrected chi connectivity index (χ1v) is 10.2. The normalized spacial score (nSPS) is 11.3. The molecule has 0 atom stereocenters. The first-order chi connectivity index (χ1) is 15.7. The fourth-order valence-corrected chi connectivity index (χ4v) is 3.08. The van der Waals surface area contributed by atoms with Gasteiger partial charge in [0.05, 0.1) is 17.9 Å². The van der Waals surface area contributed by atoms with Crippen LogP contribution >= 0.6 is 0 Å². The lowest BCUT2D eigenvalue weighted by molar-refractivity contribution is -0.140. The Morgan fingerprint density at radius 1 is 1.09 bits per heavy atom. The Hall–Kier alpha value is -3.69. The van der Waals surface area contributed by atoms with Crippen LogP contribution in [0.3, 0.4) is 0 Å². The molecular weight excluding hydrogens is 442 g/mol. The molecule has 0 saturated heterocycles. The zero-order valence-electron chi connectivity index (χ0n) is 17.7. The van der Waals surface area contributed by atoms with Gasteiger partial charge in [0.2, 0.25) is 5.91 Å². The van der Waals surface area contributed by atoms with Gasteiger partial charge in [-0.25, -0.2) is 9.07 Å². The van der Waals surface area contributed by atoms with Crippen LogP contribution in [-0.4, -0.2) is 22.3 Å². The fourth-order valence-electron chi connectivity index (χ4n) is 3.08. The Bertz CT molecular complexity index is 1170. The van der Waals surface area contributed by atoms with Crippen molar-refractivity contribution in [2.24, 2.45) is 0 Å². The smallest absolute Gasteiger partial charge is 0.419 e. The van der Waals surface area contributed by atoms with Crippen molar-refractivity contribution in [3.8, 4) is 17.0 Å². The molecule has 0 radical (unpaired) electrons. The van der Waals surface area contributed by atoms with Gasteiger partial charge in [-0.05, 0) is 61.9 Å². The summed E-state index contributed by atoms with van der Waals surface area (Å²) in [7, 11) is 0. The first kappa shape index (κ1) is 24.0. The number of nitrogens with one attached hydrogen (secondary N) is 1. The summed E-state index contributed by atoms with van der Waals surface area (Å²) < 4.78 is 58.4. The minimum atomic E-state index is -4.87. The molecule has 1 heterocycles. The van der Waals surface area contributed by atoms with Crippen LogP contribution in [0.4, 0.5) is 23.2 Å². The molecule has 3 aromatic rings. The highest BCUT2D eigenvalue weighted by Gasteiger charge is 2.34. The number of alkyl halides is 3. The molecule has 0 bridgehead atoms. The van der Waals surface area contributed by atoms with Crippen LogP contribution in [0, 0.1) is 5.82 Å². The summed E-state index contributed by atoms with van der Waals surface area (Å²) in [5.74, 6) is -1.27. The number of hydrogen-bond donors (Lipinski definition) is 1. The summed E-state index contributed by atoms with van der Waals surface area (Å²) in [5, 5.41) is 6.62. The summed E-state index contributed by atoms with van der Waals surface area (Å²) in [6.45, 7) is 2.56. The van der Waals surface area contributed by atoms with E-state index in [0.29, 0.717) is 30.2 Å². The highest BCUT2D eigenvalue weighted by atomic mass is 19.4. The Balaban J connectivity index is 1.61. The third-order valence-electron chi connectivity index (χ3n) is 4.66. The van der Waals surface area contributed by atoms with E-state index in [0.717, 1.165) is 11.6 Å². The zero-order valence-corrected chi connectivity index (χ0v) is 17.7. The van der Waals surface area contributed by atoms with Crippen molar-refractivity contribution in [2.45, 2.75) is 32.5 Å². The number of anilines is 1. The molecule has 0 unspecified atom stereocenters. The summed E-state index contributed by atoms with van der Waals surface area (Å²) in [5.41, 5.74) is -0.628. The lowest BCUT2D eigenvalue weighted by Crippen LogP contribution is -2.23. The number of hydrogen-bond acceptors (Lipinski definition) is 4. The summed E-state index contributed by atoms with van der Waals surface area (Å²) in [6.07, 6.45) is -4.72. The van der Waals surface area contributed by atoms with E-state index >= 15 is 0 Å². The Morgan fingerprint density at radius 3 is 2.48 bits per heavy atom. The van der Waals surface area contributed by atoms with Gasteiger partial charge in [0.1, 0.15) is 11.6 Å². The van der Waals surface area contributed by atoms with Crippen molar-refractivity contribution in [1.29, 1.82) is 0 Å². The van der Waals surface area contributed by atoms with E-state index in [1.807, 2.05) is 19.1 Å². The van der Waals surface area contributed by atoms with Crippen molar-refractivity contribution in [2.75, 3.05) is 11.9 Å². The summed E-state index contributed by atoms with van der Waals surface area (Å²) in [6, 6.07) is 12.4. The van der Waals surface area contributed by atoms with Gasteiger partial charge < -0.3 is 10.1 Å². The van der Waals surface area contributed by atoms with Crippen LogP contribution in [0.5, 0.6) is 5.75 Å². The Kier molecular flexibility index (Phi) is 7.47. The fraction of sp³-hybridized carbons (Fsp3) is 0.261. The minimum absolute atomic E-state index is 0.0693. The number of halogens is 4. The maximum absolute atomic E-state index is 13.4. The van der Waals surface area contributed by atoms with Crippen LogP contribution in [0.2, 0.25) is 0 Å². The molecular formula is C23H21F4N3O3. The minimum Gasteiger partial charge on any atom is -0.494 e. The topological polar surface area (TPSA) is 73.2 Å². The van der Waals surface area contributed by atoms with Gasteiger partial charge >= 0.3 is 6.18 Å². The van der Waals surface area contributed by atoms with E-state index < -0.39 is 23.5 Å². The predicted octanol–water partition coefficient (Wildman–Crippen LogP) is 4.89. The third-order valence-corrected chi connectivity index (χ3v) is 4.66. The highest BCUT2D eigenvalue weighted by molar-refractivity contribution is 5.90. The second-order valence-corrected chi connectivity index (χ2v) is 7.08. The van der Waals surface area contributed by atoms with Crippen LogP contribution in [-0.2, 0) is 17.5 Å². The van der Waals surface area contributed by atoms with Gasteiger partial charge in [0.25, 0.3) is 5.56 Å². The molecule has 174 valence electrons. The molecule has 0 saturated carbocycles. The van der Waals surface area contributed by atoms with Gasteiger partial charge in [-0.3, -0.25) is 9.59 Å². The number of nitrogens with zero attached hydrogens (tertiary/aromatic N) is 2. The molecule has 1 aromatic heterocycles. The van der Waals surface area contributed by atoms with E-state index in [1.54, 1.807) is 18.2 Å². The van der Waals surface area contributed by atoms with E-state index in [-0.39, 0.29) is 30.6 Å². The van der Waals surface area contributed by atoms with E-state index in [9.17, 15) is 27.2 Å². The van der Waals surface area contributed by atoms with Crippen molar-refractivity contribution in [1.82, 2.24) is 9.78 Å². The van der Waals surface area contributed by atoms with E-state index in [4.69, 9.17) is 4.74 Å². The lowest BCUT2D eigenvalue weighted by atomic mass is 10.1. The number of aromatic nitrogens is 2. The van der Waals surface area contributed by atoms with Crippen molar-refractivity contribution in [3.05, 3.63) is 76.3 Å². The maximum Gasteiger partial charge on any atom is 0.419 e. The lowest BCUT2D eigenvalue weighted by Gasteiger charge is -2.11. The van der Waals surface area contributed by atoms with Crippen molar-refractivity contribution < 1.29 is 27.1 Å². The molecule has 6 nitrogen and oxygen atoms in total. The standard InChI is InChI=1S/C23H21F4N3O3/c1-2-33-17-8-5-15(6-9-17)20-11-12-22(32)30(29-20)13-3-4-21(31)28-16-7-10-19(24)18(14-16)23(25,26)27/h5-12,14H,2-4,13H2,1H3,(H,28,31). The number of aryl methyl sites for hydroxylation is 1. The molecule has 0 aliphatic heterocycles. The molecule has 1 amide bonds.